The number of methoxy groups -OCH3 is 3. The van der Waals surface area contributed by atoms with Gasteiger partial charge in [0, 0.05) is 0 Å². The Hall–Kier alpha value is -2.75. The summed E-state index contributed by atoms with van der Waals surface area (Å²) in [6.45, 7) is 0. The fraction of sp³-hybridized carbons (Fsp3) is 0.167. The van der Waals surface area contributed by atoms with E-state index in [0.29, 0.717) is 22.6 Å². The lowest BCUT2D eigenvalue weighted by atomic mass is 10.0. The van der Waals surface area contributed by atoms with Crippen LogP contribution >= 0.6 is 0 Å². The first-order valence-corrected chi connectivity index (χ1v) is 6.77. The summed E-state index contributed by atoms with van der Waals surface area (Å²) in [5, 5.41) is 0. The van der Waals surface area contributed by atoms with E-state index in [1.54, 1.807) is 38.5 Å². The maximum absolute atomic E-state index is 12.1. The molecule has 4 nitrogen and oxygen atoms in total. The van der Waals surface area contributed by atoms with Crippen molar-refractivity contribution in [1.82, 2.24) is 0 Å². The van der Waals surface area contributed by atoms with E-state index in [1.165, 1.54) is 7.11 Å². The first kappa shape index (κ1) is 15.6. The highest BCUT2D eigenvalue weighted by molar-refractivity contribution is 6.21. The Balaban J connectivity index is 2.51. The number of carbonyl (C=O) groups excluding carboxylic acids is 1. The molecule has 0 aromatic heterocycles. The van der Waals surface area contributed by atoms with Gasteiger partial charge in [-0.25, -0.2) is 4.79 Å². The lowest BCUT2D eigenvalue weighted by Gasteiger charge is -2.11. The largest absolute Gasteiger partial charge is 0.493 e. The van der Waals surface area contributed by atoms with E-state index >= 15 is 0 Å². The summed E-state index contributed by atoms with van der Waals surface area (Å²) < 4.78 is 15.4. The minimum atomic E-state index is -0.406. The summed E-state index contributed by atoms with van der Waals surface area (Å²) in [6.07, 6.45) is 1.78. The molecule has 2 aromatic rings. The molecule has 22 heavy (non-hydrogen) atoms. The van der Waals surface area contributed by atoms with E-state index in [1.807, 2.05) is 30.3 Å². The average Bonchev–Trinajstić information content (AvgIpc) is 2.59. The second-order valence-electron chi connectivity index (χ2n) is 4.53. The highest BCUT2D eigenvalue weighted by Gasteiger charge is 2.15. The Morgan fingerprint density at radius 3 is 2.18 bits per heavy atom. The monoisotopic (exact) mass is 298 g/mol. The van der Waals surface area contributed by atoms with Crippen LogP contribution in [0, 0.1) is 0 Å². The molecule has 0 radical (unpaired) electrons. The van der Waals surface area contributed by atoms with Crippen LogP contribution in [0.1, 0.15) is 11.1 Å². The van der Waals surface area contributed by atoms with E-state index < -0.39 is 5.97 Å². The molecular formula is C18H18O4. The van der Waals surface area contributed by atoms with Crippen LogP contribution in [0.2, 0.25) is 0 Å². The fourth-order valence-electron chi connectivity index (χ4n) is 2.09. The van der Waals surface area contributed by atoms with Crippen LogP contribution in [-0.4, -0.2) is 27.3 Å². The number of ether oxygens (including phenoxy) is 3. The Morgan fingerprint density at radius 2 is 1.59 bits per heavy atom. The van der Waals surface area contributed by atoms with E-state index in [2.05, 4.69) is 0 Å². The van der Waals surface area contributed by atoms with Gasteiger partial charge in [0.05, 0.1) is 26.9 Å². The van der Waals surface area contributed by atoms with Crippen molar-refractivity contribution in [3.8, 4) is 11.5 Å². The van der Waals surface area contributed by atoms with Crippen molar-refractivity contribution in [1.29, 1.82) is 0 Å². The SMILES string of the molecule is COC(=O)C(=Cc1ccccc1)c1ccc(OC)c(OC)c1. The Kier molecular flexibility index (Phi) is 5.20. The van der Waals surface area contributed by atoms with Gasteiger partial charge in [0.15, 0.2) is 11.5 Å². The molecule has 0 amide bonds. The minimum absolute atomic E-state index is 0.406. The first-order valence-electron chi connectivity index (χ1n) is 6.77. The molecule has 0 saturated heterocycles. The molecular weight excluding hydrogens is 280 g/mol. The van der Waals surface area contributed by atoms with Gasteiger partial charge >= 0.3 is 5.97 Å². The topological polar surface area (TPSA) is 44.8 Å². The van der Waals surface area contributed by atoms with Gasteiger partial charge < -0.3 is 14.2 Å². The summed E-state index contributed by atoms with van der Waals surface area (Å²) >= 11 is 0. The van der Waals surface area contributed by atoms with Gasteiger partial charge in [-0.05, 0) is 29.3 Å². The molecule has 0 fully saturated rings. The Bertz CT molecular complexity index is 675. The van der Waals surface area contributed by atoms with Crippen molar-refractivity contribution >= 4 is 17.6 Å². The minimum Gasteiger partial charge on any atom is -0.493 e. The summed E-state index contributed by atoms with van der Waals surface area (Å²) in [5.74, 6) is 0.758. The molecule has 4 heteroatoms. The van der Waals surface area contributed by atoms with E-state index in [4.69, 9.17) is 14.2 Å². The zero-order chi connectivity index (χ0) is 15.9. The fourth-order valence-corrected chi connectivity index (χ4v) is 2.09. The number of benzene rings is 2. The smallest absolute Gasteiger partial charge is 0.338 e. The molecule has 2 rings (SSSR count). The van der Waals surface area contributed by atoms with Gasteiger partial charge in [0.1, 0.15) is 0 Å². The van der Waals surface area contributed by atoms with Gasteiger partial charge in [0.2, 0.25) is 0 Å². The predicted octanol–water partition coefficient (Wildman–Crippen LogP) is 3.42. The molecule has 0 bridgehead atoms. The summed E-state index contributed by atoms with van der Waals surface area (Å²) in [6, 6.07) is 14.9. The summed E-state index contributed by atoms with van der Waals surface area (Å²) in [4.78, 5) is 12.1. The third-order valence-corrected chi connectivity index (χ3v) is 3.21. The summed E-state index contributed by atoms with van der Waals surface area (Å²) in [7, 11) is 4.49. The van der Waals surface area contributed by atoms with Crippen molar-refractivity contribution in [2.45, 2.75) is 0 Å². The molecule has 0 heterocycles. The number of hydrogen-bond donors (Lipinski definition) is 0. The third-order valence-electron chi connectivity index (χ3n) is 3.21. The molecule has 2 aromatic carbocycles. The van der Waals surface area contributed by atoms with Gasteiger partial charge in [0.25, 0.3) is 0 Å². The van der Waals surface area contributed by atoms with Crippen molar-refractivity contribution in [3.63, 3.8) is 0 Å². The quantitative estimate of drug-likeness (QED) is 0.482. The van der Waals surface area contributed by atoms with Crippen molar-refractivity contribution in [2.75, 3.05) is 21.3 Å². The lowest BCUT2D eigenvalue weighted by molar-refractivity contribution is -0.133. The molecule has 0 spiro atoms. The molecule has 0 aliphatic carbocycles. The molecule has 0 aliphatic heterocycles. The number of carbonyl (C=O) groups is 1. The van der Waals surface area contributed by atoms with Gasteiger partial charge in [-0.2, -0.15) is 0 Å². The molecule has 0 saturated carbocycles. The Labute approximate surface area is 129 Å². The zero-order valence-electron chi connectivity index (χ0n) is 12.8. The molecule has 0 unspecified atom stereocenters. The molecule has 0 atom stereocenters. The first-order chi connectivity index (χ1) is 10.7. The predicted molar refractivity (Wildman–Crippen MR) is 85.9 cm³/mol. The highest BCUT2D eigenvalue weighted by Crippen LogP contribution is 2.31. The maximum atomic E-state index is 12.1. The van der Waals surface area contributed by atoms with Crippen molar-refractivity contribution in [2.24, 2.45) is 0 Å². The lowest BCUT2D eigenvalue weighted by Crippen LogP contribution is -2.04. The van der Waals surface area contributed by atoms with E-state index in [0.717, 1.165) is 5.56 Å². The van der Waals surface area contributed by atoms with Crippen molar-refractivity contribution < 1.29 is 19.0 Å². The van der Waals surface area contributed by atoms with Gasteiger partial charge in [-0.1, -0.05) is 36.4 Å². The molecule has 0 N–H and O–H groups in total. The van der Waals surface area contributed by atoms with E-state index in [9.17, 15) is 4.79 Å². The van der Waals surface area contributed by atoms with Crippen LogP contribution in [0.15, 0.2) is 48.5 Å². The van der Waals surface area contributed by atoms with Crippen molar-refractivity contribution in [3.05, 3.63) is 59.7 Å². The molecule has 114 valence electrons. The maximum Gasteiger partial charge on any atom is 0.338 e. The van der Waals surface area contributed by atoms with Crippen LogP contribution in [-0.2, 0) is 9.53 Å². The van der Waals surface area contributed by atoms with Crippen LogP contribution in [0.25, 0.3) is 11.6 Å². The van der Waals surface area contributed by atoms with Gasteiger partial charge in [-0.15, -0.1) is 0 Å². The zero-order valence-corrected chi connectivity index (χ0v) is 12.8. The average molecular weight is 298 g/mol. The standard InChI is InChI=1S/C18H18O4/c1-20-16-10-9-14(12-17(16)21-2)15(18(19)22-3)11-13-7-5-4-6-8-13/h4-12H,1-3H3. The van der Waals surface area contributed by atoms with Crippen LogP contribution in [0.4, 0.5) is 0 Å². The molecule has 0 aliphatic rings. The number of esters is 1. The highest BCUT2D eigenvalue weighted by atomic mass is 16.5. The normalized spacial score (nSPS) is 11.0. The third kappa shape index (κ3) is 3.47. The Morgan fingerprint density at radius 1 is 0.909 bits per heavy atom. The summed E-state index contributed by atoms with van der Waals surface area (Å²) in [5.41, 5.74) is 2.07. The van der Waals surface area contributed by atoms with Crippen LogP contribution < -0.4 is 9.47 Å². The van der Waals surface area contributed by atoms with Crippen LogP contribution in [0.5, 0.6) is 11.5 Å². The number of hydrogen-bond acceptors (Lipinski definition) is 4. The second-order valence-corrected chi connectivity index (χ2v) is 4.53. The number of rotatable bonds is 5. The van der Waals surface area contributed by atoms with E-state index in [-0.39, 0.29) is 0 Å². The second kappa shape index (κ2) is 7.31. The van der Waals surface area contributed by atoms with Crippen LogP contribution in [0.3, 0.4) is 0 Å². The van der Waals surface area contributed by atoms with Gasteiger partial charge in [-0.3, -0.25) is 0 Å².